The van der Waals surface area contributed by atoms with Crippen LogP contribution in [-0.4, -0.2) is 29.3 Å². The summed E-state index contributed by atoms with van der Waals surface area (Å²) in [6, 6.07) is 15.4. The van der Waals surface area contributed by atoms with Gasteiger partial charge in [0.15, 0.2) is 0 Å². The first-order chi connectivity index (χ1) is 10.7. The number of alkyl halides is 1. The van der Waals surface area contributed by atoms with Crippen molar-refractivity contribution in [3.63, 3.8) is 0 Å². The van der Waals surface area contributed by atoms with Gasteiger partial charge in [0.05, 0.1) is 18.0 Å². The van der Waals surface area contributed by atoms with Crippen molar-refractivity contribution in [2.45, 2.75) is 12.6 Å². The second-order valence-corrected chi connectivity index (χ2v) is 6.43. The van der Waals surface area contributed by atoms with E-state index >= 15 is 0 Å². The van der Waals surface area contributed by atoms with Crippen molar-refractivity contribution < 1.29 is 9.53 Å². The van der Waals surface area contributed by atoms with Gasteiger partial charge in [-0.05, 0) is 23.8 Å². The maximum atomic E-state index is 12.8. The Labute approximate surface area is 143 Å². The molecule has 0 fully saturated rings. The fourth-order valence-corrected chi connectivity index (χ4v) is 3.03. The van der Waals surface area contributed by atoms with E-state index in [0.29, 0.717) is 30.3 Å². The predicted molar refractivity (Wildman–Crippen MR) is 90.5 cm³/mol. The molecule has 0 radical (unpaired) electrons. The molecular weight excluding hydrogens is 366 g/mol. The molecule has 5 heteroatoms. The number of nitrogens with zero attached hydrogens (tertiary/aromatic N) is 1. The fraction of sp³-hybridized carbons (Fsp3) is 0.235. The lowest BCUT2D eigenvalue weighted by Gasteiger charge is -2.23. The van der Waals surface area contributed by atoms with Crippen LogP contribution in [0.15, 0.2) is 53.0 Å². The zero-order valence-electron chi connectivity index (χ0n) is 11.8. The van der Waals surface area contributed by atoms with E-state index in [2.05, 4.69) is 15.9 Å². The summed E-state index contributed by atoms with van der Waals surface area (Å²) in [5.74, 6) is 0.899. The number of amides is 1. The Morgan fingerprint density at radius 3 is 2.73 bits per heavy atom. The lowest BCUT2D eigenvalue weighted by atomic mass is 10.1. The number of carbonyl (C=O) groups is 1. The van der Waals surface area contributed by atoms with Crippen molar-refractivity contribution >= 4 is 33.4 Å². The van der Waals surface area contributed by atoms with E-state index in [0.717, 1.165) is 10.0 Å². The smallest absolute Gasteiger partial charge is 0.258 e. The Morgan fingerprint density at radius 2 is 2.00 bits per heavy atom. The van der Waals surface area contributed by atoms with Crippen LogP contribution in [0.3, 0.4) is 0 Å². The quantitative estimate of drug-likeness (QED) is 0.751. The second-order valence-electron chi connectivity index (χ2n) is 5.21. The Hall–Kier alpha value is -1.52. The van der Waals surface area contributed by atoms with Gasteiger partial charge in [0.1, 0.15) is 11.9 Å². The average Bonchev–Trinajstić information content (AvgIpc) is 2.66. The van der Waals surface area contributed by atoms with Gasteiger partial charge in [-0.15, -0.1) is 11.6 Å². The van der Waals surface area contributed by atoms with Crippen LogP contribution in [0, 0.1) is 0 Å². The van der Waals surface area contributed by atoms with Crippen molar-refractivity contribution in [2.75, 3.05) is 12.4 Å². The third-order valence-corrected chi connectivity index (χ3v) is 4.40. The van der Waals surface area contributed by atoms with Crippen LogP contribution >= 0.6 is 27.5 Å². The van der Waals surface area contributed by atoms with Gasteiger partial charge in [0.25, 0.3) is 5.91 Å². The predicted octanol–water partition coefficient (Wildman–Crippen LogP) is 4.09. The van der Waals surface area contributed by atoms with E-state index in [1.807, 2.05) is 42.5 Å². The lowest BCUT2D eigenvalue weighted by Crippen LogP contribution is -2.37. The summed E-state index contributed by atoms with van der Waals surface area (Å²) >= 11 is 9.40. The zero-order chi connectivity index (χ0) is 15.5. The molecule has 0 spiro atoms. The van der Waals surface area contributed by atoms with Crippen molar-refractivity contribution in [3.8, 4) is 5.75 Å². The van der Waals surface area contributed by atoms with Crippen LogP contribution in [0.4, 0.5) is 0 Å². The Kier molecular flexibility index (Phi) is 4.69. The molecule has 1 amide bonds. The normalized spacial score (nSPS) is 17.6. The molecule has 1 aliphatic rings. The van der Waals surface area contributed by atoms with Gasteiger partial charge < -0.3 is 9.64 Å². The molecule has 0 aromatic heterocycles. The Bertz CT molecular complexity index is 678. The maximum Gasteiger partial charge on any atom is 0.258 e. The summed E-state index contributed by atoms with van der Waals surface area (Å²) in [5, 5.41) is 0. The highest BCUT2D eigenvalue weighted by atomic mass is 79.9. The molecule has 1 aliphatic heterocycles. The second kappa shape index (κ2) is 6.71. The van der Waals surface area contributed by atoms with E-state index in [9.17, 15) is 4.79 Å². The number of fused-ring (bicyclic) bond motifs is 1. The number of halogens is 2. The number of benzene rings is 2. The molecule has 0 saturated heterocycles. The van der Waals surface area contributed by atoms with Gasteiger partial charge in [0.2, 0.25) is 0 Å². The van der Waals surface area contributed by atoms with Crippen LogP contribution in [-0.2, 0) is 6.54 Å². The molecule has 1 heterocycles. The number of ether oxygens (including phenoxy) is 1. The first-order valence-corrected chi connectivity index (χ1v) is 8.35. The van der Waals surface area contributed by atoms with E-state index in [1.165, 1.54) is 0 Å². The van der Waals surface area contributed by atoms with Gasteiger partial charge in [-0.25, -0.2) is 0 Å². The van der Waals surface area contributed by atoms with E-state index in [4.69, 9.17) is 16.3 Å². The third kappa shape index (κ3) is 3.28. The highest BCUT2D eigenvalue weighted by Crippen LogP contribution is 2.29. The van der Waals surface area contributed by atoms with Crippen molar-refractivity contribution in [3.05, 3.63) is 64.1 Å². The van der Waals surface area contributed by atoms with Crippen LogP contribution in [0.25, 0.3) is 0 Å². The van der Waals surface area contributed by atoms with Crippen LogP contribution in [0.5, 0.6) is 5.75 Å². The van der Waals surface area contributed by atoms with Crippen LogP contribution in [0.1, 0.15) is 15.9 Å². The molecule has 0 bridgehead atoms. The molecular formula is C17H15BrClNO2. The van der Waals surface area contributed by atoms with Crippen molar-refractivity contribution in [1.29, 1.82) is 0 Å². The average molecular weight is 381 g/mol. The Morgan fingerprint density at radius 1 is 1.23 bits per heavy atom. The first kappa shape index (κ1) is 15.4. The molecule has 22 heavy (non-hydrogen) atoms. The minimum absolute atomic E-state index is 0.0345. The fourth-order valence-electron chi connectivity index (χ4n) is 2.51. The molecule has 114 valence electrons. The summed E-state index contributed by atoms with van der Waals surface area (Å²) in [4.78, 5) is 14.6. The largest absolute Gasteiger partial charge is 0.486 e. The van der Waals surface area contributed by atoms with E-state index in [1.54, 1.807) is 11.0 Å². The third-order valence-electron chi connectivity index (χ3n) is 3.57. The SMILES string of the molecule is O=C1c2cc(Br)ccc2O[C@@H](CCl)CN1Cc1ccccc1. The first-order valence-electron chi connectivity index (χ1n) is 7.03. The van der Waals surface area contributed by atoms with Gasteiger partial charge in [-0.3, -0.25) is 4.79 Å². The van der Waals surface area contributed by atoms with E-state index < -0.39 is 0 Å². The summed E-state index contributed by atoms with van der Waals surface area (Å²) in [7, 11) is 0. The number of rotatable bonds is 3. The molecule has 3 rings (SSSR count). The lowest BCUT2D eigenvalue weighted by molar-refractivity contribution is 0.0709. The molecule has 0 aliphatic carbocycles. The molecule has 1 atom stereocenters. The molecule has 0 N–H and O–H groups in total. The topological polar surface area (TPSA) is 29.5 Å². The van der Waals surface area contributed by atoms with E-state index in [-0.39, 0.29) is 12.0 Å². The van der Waals surface area contributed by atoms with Crippen LogP contribution < -0.4 is 4.74 Å². The highest BCUT2D eigenvalue weighted by Gasteiger charge is 2.28. The summed E-state index contributed by atoms with van der Waals surface area (Å²) < 4.78 is 6.74. The number of hydrogen-bond donors (Lipinski definition) is 0. The van der Waals surface area contributed by atoms with Gasteiger partial charge in [-0.1, -0.05) is 46.3 Å². The molecule has 3 nitrogen and oxygen atoms in total. The van der Waals surface area contributed by atoms with Crippen molar-refractivity contribution in [1.82, 2.24) is 4.90 Å². The van der Waals surface area contributed by atoms with Crippen molar-refractivity contribution in [2.24, 2.45) is 0 Å². The summed E-state index contributed by atoms with van der Waals surface area (Å²) in [5.41, 5.74) is 1.65. The van der Waals surface area contributed by atoms with Crippen LogP contribution in [0.2, 0.25) is 0 Å². The van der Waals surface area contributed by atoms with Gasteiger partial charge in [-0.2, -0.15) is 0 Å². The number of carbonyl (C=O) groups excluding carboxylic acids is 1. The van der Waals surface area contributed by atoms with Gasteiger partial charge in [0, 0.05) is 11.0 Å². The monoisotopic (exact) mass is 379 g/mol. The summed E-state index contributed by atoms with van der Waals surface area (Å²) in [6.07, 6.45) is -0.211. The number of hydrogen-bond acceptors (Lipinski definition) is 2. The molecule has 0 saturated carbocycles. The molecule has 0 unspecified atom stereocenters. The molecule has 2 aromatic rings. The summed E-state index contributed by atoms with van der Waals surface area (Å²) in [6.45, 7) is 1.02. The van der Waals surface area contributed by atoms with Gasteiger partial charge >= 0.3 is 0 Å². The Balaban J connectivity index is 1.94. The minimum atomic E-state index is -0.211. The maximum absolute atomic E-state index is 12.8. The molecule has 2 aromatic carbocycles. The standard InChI is InChI=1S/C17H15BrClNO2/c18-13-6-7-16-15(8-13)17(21)20(11-14(9-19)22-16)10-12-4-2-1-3-5-12/h1-8,14H,9-11H2/t14-/m0/s1. The zero-order valence-corrected chi connectivity index (χ0v) is 14.2. The highest BCUT2D eigenvalue weighted by molar-refractivity contribution is 9.10. The minimum Gasteiger partial charge on any atom is -0.486 e.